The van der Waals surface area contributed by atoms with Crippen LogP contribution in [0, 0.1) is 5.82 Å². The second-order valence-electron chi connectivity index (χ2n) is 3.96. The molecule has 0 spiro atoms. The Kier molecular flexibility index (Phi) is 4.64. The van der Waals surface area contributed by atoms with Crippen LogP contribution in [-0.4, -0.2) is 0 Å². The molecule has 100 valence electrons. The van der Waals surface area contributed by atoms with E-state index < -0.39 is 0 Å². The fourth-order valence-corrected chi connectivity index (χ4v) is 2.02. The third-order valence-corrected chi connectivity index (χ3v) is 3.49. The topological polar surface area (TPSA) is 35.2 Å². The maximum atomic E-state index is 13.1. The lowest BCUT2D eigenvalue weighted by molar-refractivity contribution is 0.305. The van der Waals surface area contributed by atoms with Crippen molar-refractivity contribution in [1.29, 1.82) is 0 Å². The maximum Gasteiger partial charge on any atom is 0.139 e. The Morgan fingerprint density at radius 1 is 1.11 bits per heavy atom. The molecule has 2 aromatic rings. The summed E-state index contributed by atoms with van der Waals surface area (Å²) in [6.07, 6.45) is 0. The van der Waals surface area contributed by atoms with Crippen LogP contribution >= 0.6 is 23.2 Å². The molecule has 0 bridgehead atoms. The lowest BCUT2D eigenvalue weighted by Crippen LogP contribution is -2.05. The minimum Gasteiger partial charge on any atom is -0.487 e. The largest absolute Gasteiger partial charge is 0.487 e. The second kappa shape index (κ2) is 6.24. The number of nitrogens with two attached hydrogens (primary N) is 1. The lowest BCUT2D eigenvalue weighted by atomic mass is 10.1. The zero-order valence-electron chi connectivity index (χ0n) is 10.00. The first kappa shape index (κ1) is 14.1. The highest BCUT2D eigenvalue weighted by molar-refractivity contribution is 6.42. The van der Waals surface area contributed by atoms with Gasteiger partial charge < -0.3 is 10.5 Å². The van der Waals surface area contributed by atoms with Gasteiger partial charge in [-0.3, -0.25) is 0 Å². The Hall–Kier alpha value is -1.29. The summed E-state index contributed by atoms with van der Waals surface area (Å²) in [4.78, 5) is 0. The van der Waals surface area contributed by atoms with Gasteiger partial charge in [-0.25, -0.2) is 4.39 Å². The van der Waals surface area contributed by atoms with Crippen molar-refractivity contribution in [3.63, 3.8) is 0 Å². The molecule has 0 aliphatic rings. The van der Waals surface area contributed by atoms with E-state index in [0.29, 0.717) is 21.4 Å². The minimum absolute atomic E-state index is 0.250. The van der Waals surface area contributed by atoms with Crippen LogP contribution in [0.1, 0.15) is 11.1 Å². The second-order valence-corrected chi connectivity index (χ2v) is 4.74. The highest BCUT2D eigenvalue weighted by Crippen LogP contribution is 2.32. The van der Waals surface area contributed by atoms with E-state index in [4.69, 9.17) is 33.7 Å². The molecule has 0 heterocycles. The normalized spacial score (nSPS) is 10.5. The van der Waals surface area contributed by atoms with Gasteiger partial charge in [-0.05, 0) is 35.4 Å². The Morgan fingerprint density at radius 2 is 1.89 bits per heavy atom. The van der Waals surface area contributed by atoms with E-state index in [-0.39, 0.29) is 19.0 Å². The van der Waals surface area contributed by atoms with Crippen LogP contribution in [0.2, 0.25) is 10.0 Å². The van der Waals surface area contributed by atoms with Gasteiger partial charge in [0.15, 0.2) is 0 Å². The van der Waals surface area contributed by atoms with Crippen LogP contribution in [0.15, 0.2) is 36.4 Å². The fraction of sp³-hybridized carbons (Fsp3) is 0.143. The van der Waals surface area contributed by atoms with Crippen molar-refractivity contribution in [1.82, 2.24) is 0 Å². The molecule has 0 radical (unpaired) electrons. The Labute approximate surface area is 120 Å². The highest BCUT2D eigenvalue weighted by Gasteiger charge is 2.08. The minimum atomic E-state index is -0.315. The van der Waals surface area contributed by atoms with Gasteiger partial charge in [0.1, 0.15) is 23.2 Å². The van der Waals surface area contributed by atoms with Crippen molar-refractivity contribution in [3.8, 4) is 5.75 Å². The molecule has 0 aliphatic carbocycles. The van der Waals surface area contributed by atoms with Crippen molar-refractivity contribution < 1.29 is 9.13 Å². The summed E-state index contributed by atoms with van der Waals surface area (Å²) in [5, 5.41) is 0.790. The van der Waals surface area contributed by atoms with Crippen molar-refractivity contribution >= 4 is 23.2 Å². The summed E-state index contributed by atoms with van der Waals surface area (Å²) < 4.78 is 18.7. The van der Waals surface area contributed by atoms with E-state index in [1.807, 2.05) is 0 Å². The third-order valence-electron chi connectivity index (χ3n) is 2.69. The van der Waals surface area contributed by atoms with Gasteiger partial charge in [-0.2, -0.15) is 0 Å². The fourth-order valence-electron chi connectivity index (χ4n) is 1.68. The molecule has 0 fully saturated rings. The van der Waals surface area contributed by atoms with Gasteiger partial charge in [-0.15, -0.1) is 0 Å². The first-order valence-electron chi connectivity index (χ1n) is 5.66. The molecule has 2 N–H and O–H groups in total. The molecule has 0 saturated heterocycles. The molecule has 2 nitrogen and oxygen atoms in total. The summed E-state index contributed by atoms with van der Waals surface area (Å²) in [6.45, 7) is 0.507. The zero-order chi connectivity index (χ0) is 13.8. The SMILES string of the molecule is NCc1cc(F)ccc1COc1cccc(Cl)c1Cl. The zero-order valence-corrected chi connectivity index (χ0v) is 11.5. The number of hydrogen-bond acceptors (Lipinski definition) is 2. The van der Waals surface area contributed by atoms with Crippen LogP contribution in [0.3, 0.4) is 0 Å². The molecular weight excluding hydrogens is 288 g/mol. The van der Waals surface area contributed by atoms with Crippen LogP contribution in [0.5, 0.6) is 5.75 Å². The molecule has 2 aromatic carbocycles. The van der Waals surface area contributed by atoms with Crippen molar-refractivity contribution in [3.05, 3.63) is 63.4 Å². The molecule has 0 saturated carbocycles. The first-order chi connectivity index (χ1) is 9.11. The summed E-state index contributed by atoms with van der Waals surface area (Å²) in [5.74, 6) is 0.173. The van der Waals surface area contributed by atoms with Crippen molar-refractivity contribution in [2.24, 2.45) is 5.73 Å². The molecule has 2 rings (SSSR count). The smallest absolute Gasteiger partial charge is 0.139 e. The molecule has 5 heteroatoms. The highest BCUT2D eigenvalue weighted by atomic mass is 35.5. The molecule has 0 amide bonds. The molecule has 0 unspecified atom stereocenters. The number of hydrogen-bond donors (Lipinski definition) is 1. The van der Waals surface area contributed by atoms with Gasteiger partial charge in [0.05, 0.1) is 5.02 Å². The van der Waals surface area contributed by atoms with Crippen molar-refractivity contribution in [2.45, 2.75) is 13.2 Å². The molecule has 0 aromatic heterocycles. The summed E-state index contributed by atoms with van der Waals surface area (Å²) in [5.41, 5.74) is 7.10. The Bertz CT molecular complexity index is 590. The predicted octanol–water partition coefficient (Wildman–Crippen LogP) is 4.17. The number of rotatable bonds is 4. The average Bonchev–Trinajstić information content (AvgIpc) is 2.41. The van der Waals surface area contributed by atoms with Gasteiger partial charge in [0, 0.05) is 6.54 Å². The summed E-state index contributed by atoms with van der Waals surface area (Å²) in [6, 6.07) is 9.57. The lowest BCUT2D eigenvalue weighted by Gasteiger charge is -2.11. The monoisotopic (exact) mass is 299 g/mol. The van der Waals surface area contributed by atoms with Crippen molar-refractivity contribution in [2.75, 3.05) is 0 Å². The van der Waals surface area contributed by atoms with E-state index in [9.17, 15) is 4.39 Å². The standard InChI is InChI=1S/C14H12Cl2FNO/c15-12-2-1-3-13(14(12)16)19-8-9-4-5-11(17)6-10(9)7-18/h1-6H,7-8,18H2. The van der Waals surface area contributed by atoms with Crippen LogP contribution in [0.4, 0.5) is 4.39 Å². The molecule has 0 aliphatic heterocycles. The summed E-state index contributed by atoms with van der Waals surface area (Å²) in [7, 11) is 0. The van der Waals surface area contributed by atoms with Crippen LogP contribution in [0.25, 0.3) is 0 Å². The van der Waals surface area contributed by atoms with E-state index in [1.165, 1.54) is 12.1 Å². The predicted molar refractivity (Wildman–Crippen MR) is 75.1 cm³/mol. The number of halogens is 3. The quantitative estimate of drug-likeness (QED) is 0.919. The van der Waals surface area contributed by atoms with E-state index >= 15 is 0 Å². The van der Waals surface area contributed by atoms with Gasteiger partial charge in [0.2, 0.25) is 0 Å². The van der Waals surface area contributed by atoms with E-state index in [2.05, 4.69) is 0 Å². The van der Waals surface area contributed by atoms with E-state index in [1.54, 1.807) is 24.3 Å². The summed E-state index contributed by atoms with van der Waals surface area (Å²) >= 11 is 11.9. The first-order valence-corrected chi connectivity index (χ1v) is 6.41. The number of ether oxygens (including phenoxy) is 1. The molecule has 19 heavy (non-hydrogen) atoms. The Morgan fingerprint density at radius 3 is 2.63 bits per heavy atom. The molecule has 0 atom stereocenters. The Balaban J connectivity index is 2.17. The van der Waals surface area contributed by atoms with E-state index in [0.717, 1.165) is 5.56 Å². The van der Waals surface area contributed by atoms with Crippen LogP contribution in [-0.2, 0) is 13.2 Å². The van der Waals surface area contributed by atoms with Gasteiger partial charge in [0.25, 0.3) is 0 Å². The maximum absolute atomic E-state index is 13.1. The average molecular weight is 300 g/mol. The van der Waals surface area contributed by atoms with Gasteiger partial charge >= 0.3 is 0 Å². The third kappa shape index (κ3) is 3.38. The molecular formula is C14H12Cl2FNO. The van der Waals surface area contributed by atoms with Gasteiger partial charge in [-0.1, -0.05) is 35.3 Å². The number of benzene rings is 2. The van der Waals surface area contributed by atoms with Crippen LogP contribution < -0.4 is 10.5 Å².